The van der Waals surface area contributed by atoms with Gasteiger partial charge >= 0.3 is 10.2 Å². The average molecular weight is 901 g/mol. The number of piperidine rings is 1. The van der Waals surface area contributed by atoms with E-state index in [1.807, 2.05) is 29.0 Å². The highest BCUT2D eigenvalue weighted by molar-refractivity contribution is 7.90. The average Bonchev–Trinajstić information content (AvgIpc) is 4.01. The molecule has 9 rings (SSSR count). The van der Waals surface area contributed by atoms with E-state index in [0.717, 1.165) is 27.7 Å². The Labute approximate surface area is 365 Å². The molecule has 20 heteroatoms. The number of rotatable bonds is 13. The SMILES string of the molecule is O=C1CC[C@H](N2Cc3cc(OC[C@H](O)CN4CCN(c5ccc(-c6cnc7[nH]cc(C(=O)c8c(F)ccc(NS(=O)(=O)N9CC[C@@H](F)C9)c8F)c7c6)cc5)CC4)ccc3C2=O)C(=O)N1. The number of nitrogens with zero attached hydrogens (tertiary/aromatic N) is 5. The largest absolute Gasteiger partial charge is 0.491 e. The van der Waals surface area contributed by atoms with Gasteiger partial charge in [-0.2, -0.15) is 12.7 Å². The number of amides is 3. The molecule has 3 atom stereocenters. The van der Waals surface area contributed by atoms with Crippen molar-refractivity contribution in [1.29, 1.82) is 0 Å². The van der Waals surface area contributed by atoms with Gasteiger partial charge in [0.2, 0.25) is 17.6 Å². The van der Waals surface area contributed by atoms with Gasteiger partial charge in [-0.1, -0.05) is 12.1 Å². The van der Waals surface area contributed by atoms with Crippen molar-refractivity contribution in [1.82, 2.24) is 29.4 Å². The maximum atomic E-state index is 15.7. The van der Waals surface area contributed by atoms with Crippen LogP contribution in [0.15, 0.2) is 73.1 Å². The zero-order chi connectivity index (χ0) is 44.9. The summed E-state index contributed by atoms with van der Waals surface area (Å²) in [5.41, 5.74) is 2.19. The number of piperazine rings is 1. The second-order valence-corrected chi connectivity index (χ2v) is 18.0. The molecule has 6 heterocycles. The fourth-order valence-corrected chi connectivity index (χ4v) is 9.94. The number of alkyl halides is 1. The molecule has 4 aliphatic rings. The standard InChI is InChI=1S/C44H43F3N8O8S/c45-28-11-12-54(22-28)64(61,62)51-36-8-7-35(46)39(40(36)47)41(58)34-20-49-42-33(34)18-26(19-48-42)25-1-3-29(4-2-25)53-15-13-52(14-16-53)23-30(56)24-63-31-5-6-32-27(17-31)21-55(44(32)60)37-9-10-38(57)50-43(37)59/h1-8,17-20,28,30,37,51,56H,9-16,21-24H2,(H,48,49)(H,50,57,59)/t28-,30-,37+/m1/s1. The van der Waals surface area contributed by atoms with Crippen molar-refractivity contribution >= 4 is 56.1 Å². The van der Waals surface area contributed by atoms with Crippen LogP contribution in [0.25, 0.3) is 22.2 Å². The van der Waals surface area contributed by atoms with Crippen molar-refractivity contribution in [3.63, 3.8) is 0 Å². The molecular weight excluding hydrogens is 858 g/mol. The van der Waals surface area contributed by atoms with Gasteiger partial charge in [-0.3, -0.25) is 34.1 Å². The number of ketones is 1. The van der Waals surface area contributed by atoms with Crippen LogP contribution in [0.1, 0.15) is 51.1 Å². The predicted octanol–water partition coefficient (Wildman–Crippen LogP) is 3.76. The van der Waals surface area contributed by atoms with Gasteiger partial charge in [0.25, 0.3) is 5.91 Å². The second-order valence-electron chi connectivity index (χ2n) is 16.3. The Morgan fingerprint density at radius 3 is 2.48 bits per heavy atom. The lowest BCUT2D eigenvalue weighted by Crippen LogP contribution is -2.52. The van der Waals surface area contributed by atoms with E-state index in [4.69, 9.17) is 4.74 Å². The fourth-order valence-electron chi connectivity index (χ4n) is 8.67. The normalized spacial score (nSPS) is 20.2. The minimum atomic E-state index is -4.37. The number of hydrogen-bond donors (Lipinski definition) is 4. The molecule has 0 bridgehead atoms. The molecule has 3 fully saturated rings. The van der Waals surface area contributed by atoms with Crippen molar-refractivity contribution < 1.29 is 50.6 Å². The van der Waals surface area contributed by atoms with Crippen LogP contribution in [0.2, 0.25) is 0 Å². The Hall–Kier alpha value is -6.35. The minimum absolute atomic E-state index is 0.00802. The van der Waals surface area contributed by atoms with Gasteiger partial charge < -0.3 is 24.6 Å². The van der Waals surface area contributed by atoms with Crippen molar-refractivity contribution in [3.05, 3.63) is 107 Å². The number of benzene rings is 3. The lowest BCUT2D eigenvalue weighted by molar-refractivity contribution is -0.136. The number of aliphatic hydroxyl groups excluding tert-OH is 1. The molecular formula is C44H43F3N8O8S. The summed E-state index contributed by atoms with van der Waals surface area (Å²) in [7, 11) is -4.37. The van der Waals surface area contributed by atoms with E-state index >= 15 is 8.78 Å². The summed E-state index contributed by atoms with van der Waals surface area (Å²) in [5, 5.41) is 13.4. The van der Waals surface area contributed by atoms with E-state index in [2.05, 4.69) is 25.1 Å². The first kappa shape index (κ1) is 42.9. The molecule has 4 N–H and O–H groups in total. The molecule has 2 aromatic heterocycles. The molecule has 3 saturated heterocycles. The number of nitrogens with one attached hydrogen (secondary N) is 3. The quantitative estimate of drug-likeness (QED) is 0.0993. The van der Waals surface area contributed by atoms with Crippen LogP contribution >= 0.6 is 0 Å². The molecule has 5 aromatic rings. The molecule has 0 radical (unpaired) electrons. The molecule has 3 aromatic carbocycles. The second kappa shape index (κ2) is 17.3. The van der Waals surface area contributed by atoms with E-state index < -0.39 is 69.6 Å². The van der Waals surface area contributed by atoms with E-state index in [-0.39, 0.29) is 56.3 Å². The molecule has 3 amide bonds. The first-order valence-corrected chi connectivity index (χ1v) is 22.2. The number of H-pyrrole nitrogens is 1. The van der Waals surface area contributed by atoms with Gasteiger partial charge in [-0.25, -0.2) is 18.2 Å². The smallest absolute Gasteiger partial charge is 0.301 e. The number of carbonyl (C=O) groups is 4. The van der Waals surface area contributed by atoms with Crippen LogP contribution in [0.4, 0.5) is 24.5 Å². The molecule has 0 unspecified atom stereocenters. The Morgan fingerprint density at radius 1 is 0.969 bits per heavy atom. The summed E-state index contributed by atoms with van der Waals surface area (Å²) >= 11 is 0. The van der Waals surface area contributed by atoms with Crippen LogP contribution in [0.3, 0.4) is 0 Å². The maximum Gasteiger partial charge on any atom is 0.301 e. The van der Waals surface area contributed by atoms with Crippen LogP contribution in [-0.4, -0.2) is 132 Å². The first-order chi connectivity index (χ1) is 30.7. The third kappa shape index (κ3) is 8.52. The summed E-state index contributed by atoms with van der Waals surface area (Å²) < 4.78 is 78.8. The van der Waals surface area contributed by atoms with Crippen LogP contribution in [-0.2, 0) is 26.3 Å². The monoisotopic (exact) mass is 900 g/mol. The third-order valence-corrected chi connectivity index (χ3v) is 13.6. The zero-order valence-corrected chi connectivity index (χ0v) is 35.0. The van der Waals surface area contributed by atoms with Gasteiger partial charge in [-0.15, -0.1) is 0 Å². The van der Waals surface area contributed by atoms with Gasteiger partial charge in [0, 0.05) is 98.9 Å². The van der Waals surface area contributed by atoms with E-state index in [9.17, 15) is 37.1 Å². The Balaban J connectivity index is 0.789. The summed E-state index contributed by atoms with van der Waals surface area (Å²) in [5.74, 6) is -4.21. The topological polar surface area (TPSA) is 198 Å². The summed E-state index contributed by atoms with van der Waals surface area (Å²) in [6.45, 7) is 2.93. The predicted molar refractivity (Wildman–Crippen MR) is 228 cm³/mol. The molecule has 4 aliphatic heterocycles. The number of anilines is 2. The fraction of sp³-hybridized carbons (Fsp3) is 0.341. The summed E-state index contributed by atoms with van der Waals surface area (Å²) in [6.07, 6.45) is 1.20. The number of halogens is 3. The summed E-state index contributed by atoms with van der Waals surface area (Å²) in [6, 6.07) is 15.4. The number of carbonyl (C=O) groups excluding carboxylic acids is 4. The number of imide groups is 1. The highest BCUT2D eigenvalue weighted by Crippen LogP contribution is 2.33. The minimum Gasteiger partial charge on any atom is -0.491 e. The van der Waals surface area contributed by atoms with Crippen molar-refractivity contribution in [2.24, 2.45) is 0 Å². The Morgan fingerprint density at radius 2 is 1.75 bits per heavy atom. The number of aromatic nitrogens is 2. The maximum absolute atomic E-state index is 15.7. The van der Waals surface area contributed by atoms with Crippen molar-refractivity contribution in [2.45, 2.75) is 44.1 Å². The summed E-state index contributed by atoms with van der Waals surface area (Å²) in [4.78, 5) is 63.8. The van der Waals surface area contributed by atoms with E-state index in [1.165, 1.54) is 11.1 Å². The molecule has 16 nitrogen and oxygen atoms in total. The zero-order valence-electron chi connectivity index (χ0n) is 34.2. The highest BCUT2D eigenvalue weighted by atomic mass is 32.2. The lowest BCUT2D eigenvalue weighted by atomic mass is 9.99. The number of ether oxygens (including phenoxy) is 1. The molecule has 64 heavy (non-hydrogen) atoms. The highest BCUT2D eigenvalue weighted by Gasteiger charge is 2.39. The lowest BCUT2D eigenvalue weighted by Gasteiger charge is -2.37. The van der Waals surface area contributed by atoms with Gasteiger partial charge in [0.05, 0.1) is 11.3 Å². The molecule has 0 aliphatic carbocycles. The Kier molecular flexibility index (Phi) is 11.6. The number of fused-ring (bicyclic) bond motifs is 2. The first-order valence-electron chi connectivity index (χ1n) is 20.8. The number of pyridine rings is 1. The number of aliphatic hydroxyl groups is 1. The Bertz CT molecular complexity index is 2780. The van der Waals surface area contributed by atoms with E-state index in [1.54, 1.807) is 30.5 Å². The number of aromatic amines is 1. The van der Waals surface area contributed by atoms with Crippen molar-refractivity contribution in [3.8, 4) is 16.9 Å². The third-order valence-electron chi connectivity index (χ3n) is 12.1. The van der Waals surface area contributed by atoms with Gasteiger partial charge in [0.15, 0.2) is 5.82 Å². The van der Waals surface area contributed by atoms with Crippen LogP contribution < -0.4 is 19.7 Å². The number of β-amino-alcohol motifs (C(OH)–C–C–N with tert-alkyl or cyclic N) is 1. The van der Waals surface area contributed by atoms with E-state index in [0.29, 0.717) is 66.2 Å². The molecule has 334 valence electrons. The van der Waals surface area contributed by atoms with Crippen molar-refractivity contribution in [2.75, 3.05) is 62.0 Å². The molecule has 0 saturated carbocycles. The van der Waals surface area contributed by atoms with Crippen LogP contribution in [0, 0.1) is 11.6 Å². The van der Waals surface area contributed by atoms with Crippen LogP contribution in [0.5, 0.6) is 5.75 Å². The van der Waals surface area contributed by atoms with Gasteiger partial charge in [-0.05, 0) is 72.5 Å². The molecule has 0 spiro atoms. The van der Waals surface area contributed by atoms with Gasteiger partial charge in [0.1, 0.15) is 42.1 Å². The number of hydrogen-bond acceptors (Lipinski definition) is 11.